The standard InChI is InChI=1S/C56H34S/c1-2-16-36(17-3-1)52-45-23-10-12-25-47(45)55(48-26-13-11-24-46(48)52)50-28-14-27-49-40-32-31-39(34-51(40)57-56(49)50)54-43-21-8-6-19-41(43)53(42-20-7-9-22-44(42)54)38-30-29-35-15-4-5-18-37(35)33-38/h1-34H. The van der Waals surface area contributed by atoms with E-state index in [4.69, 9.17) is 0 Å². The van der Waals surface area contributed by atoms with Crippen LogP contribution in [-0.4, -0.2) is 0 Å². The van der Waals surface area contributed by atoms with Crippen LogP contribution < -0.4 is 0 Å². The summed E-state index contributed by atoms with van der Waals surface area (Å²) >= 11 is 1.92. The first kappa shape index (κ1) is 32.2. The highest BCUT2D eigenvalue weighted by atomic mass is 32.1. The van der Waals surface area contributed by atoms with E-state index in [1.807, 2.05) is 11.3 Å². The third-order valence-electron chi connectivity index (χ3n) is 12.0. The summed E-state index contributed by atoms with van der Waals surface area (Å²) < 4.78 is 2.63. The Morgan fingerprint density at radius 2 is 0.684 bits per heavy atom. The van der Waals surface area contributed by atoms with Gasteiger partial charge in [0.15, 0.2) is 0 Å². The van der Waals surface area contributed by atoms with Crippen molar-refractivity contribution >= 4 is 85.4 Å². The van der Waals surface area contributed by atoms with Gasteiger partial charge in [0, 0.05) is 25.7 Å². The lowest BCUT2D eigenvalue weighted by Crippen LogP contribution is -1.91. The van der Waals surface area contributed by atoms with E-state index in [-0.39, 0.29) is 0 Å². The van der Waals surface area contributed by atoms with Gasteiger partial charge in [0.05, 0.1) is 0 Å². The van der Waals surface area contributed by atoms with Crippen LogP contribution in [0.25, 0.3) is 119 Å². The van der Waals surface area contributed by atoms with Crippen LogP contribution >= 0.6 is 11.3 Å². The molecule has 0 spiro atoms. The molecule has 0 aliphatic carbocycles. The van der Waals surface area contributed by atoms with E-state index in [0.29, 0.717) is 0 Å². The Labute approximate surface area is 334 Å². The zero-order chi connectivity index (χ0) is 37.5. The molecule has 12 rings (SSSR count). The first-order valence-electron chi connectivity index (χ1n) is 19.7. The Morgan fingerprint density at radius 1 is 0.246 bits per heavy atom. The molecular weight excluding hydrogens is 705 g/mol. The summed E-state index contributed by atoms with van der Waals surface area (Å²) in [6, 6.07) is 76.4. The molecule has 0 aliphatic rings. The predicted octanol–water partition coefficient (Wildman–Crippen LogP) is 16.5. The molecule has 0 saturated heterocycles. The molecule has 0 radical (unpaired) electrons. The van der Waals surface area contributed by atoms with E-state index in [1.54, 1.807) is 0 Å². The minimum Gasteiger partial charge on any atom is -0.135 e. The van der Waals surface area contributed by atoms with Crippen LogP contribution in [0.5, 0.6) is 0 Å². The van der Waals surface area contributed by atoms with Crippen molar-refractivity contribution in [2.45, 2.75) is 0 Å². The van der Waals surface area contributed by atoms with E-state index < -0.39 is 0 Å². The fraction of sp³-hybridized carbons (Fsp3) is 0. The Hall–Kier alpha value is -7.06. The van der Waals surface area contributed by atoms with Crippen molar-refractivity contribution in [2.75, 3.05) is 0 Å². The minimum absolute atomic E-state index is 1.24. The highest BCUT2D eigenvalue weighted by Gasteiger charge is 2.21. The Morgan fingerprint density at radius 3 is 1.26 bits per heavy atom. The second kappa shape index (κ2) is 12.7. The van der Waals surface area contributed by atoms with E-state index in [0.717, 1.165) is 0 Å². The van der Waals surface area contributed by atoms with Crippen LogP contribution in [0.3, 0.4) is 0 Å². The largest absolute Gasteiger partial charge is 0.135 e. The van der Waals surface area contributed by atoms with E-state index in [9.17, 15) is 0 Å². The molecule has 0 amide bonds. The van der Waals surface area contributed by atoms with Gasteiger partial charge in [-0.15, -0.1) is 11.3 Å². The SMILES string of the molecule is c1ccc(-c2c3ccccc3c(-c3cccc4c3sc3cc(-c5c6ccccc6c(-c6ccc7ccccc7c6)c6ccccc56)ccc34)c3ccccc23)cc1. The lowest BCUT2D eigenvalue weighted by molar-refractivity contribution is 1.67. The molecule has 0 N–H and O–H groups in total. The van der Waals surface area contributed by atoms with Crippen molar-refractivity contribution in [1.29, 1.82) is 0 Å². The zero-order valence-corrected chi connectivity index (χ0v) is 31.9. The normalized spacial score (nSPS) is 11.9. The van der Waals surface area contributed by atoms with Crippen LogP contribution in [0.2, 0.25) is 0 Å². The second-order valence-corrected chi connectivity index (χ2v) is 16.2. The predicted molar refractivity (Wildman–Crippen MR) is 249 cm³/mol. The molecule has 0 saturated carbocycles. The molecule has 0 atom stereocenters. The maximum absolute atomic E-state index is 2.45. The third kappa shape index (κ3) is 4.93. The van der Waals surface area contributed by atoms with E-state index in [1.165, 1.54) is 119 Å². The fourth-order valence-corrected chi connectivity index (χ4v) is 10.8. The van der Waals surface area contributed by atoms with E-state index >= 15 is 0 Å². The summed E-state index contributed by atoms with van der Waals surface area (Å²) in [4.78, 5) is 0. The van der Waals surface area contributed by atoms with Gasteiger partial charge in [0.1, 0.15) is 0 Å². The van der Waals surface area contributed by atoms with Gasteiger partial charge in [-0.25, -0.2) is 0 Å². The monoisotopic (exact) mass is 738 g/mol. The molecule has 1 heterocycles. The van der Waals surface area contributed by atoms with Gasteiger partial charge in [-0.05, 0) is 105 Å². The number of thiophene rings is 1. The first-order chi connectivity index (χ1) is 28.3. The summed E-state index contributed by atoms with van der Waals surface area (Å²) in [7, 11) is 0. The second-order valence-electron chi connectivity index (χ2n) is 15.1. The average molecular weight is 739 g/mol. The Bertz CT molecular complexity index is 3460. The van der Waals surface area contributed by atoms with Crippen molar-refractivity contribution in [3.8, 4) is 44.5 Å². The van der Waals surface area contributed by atoms with Gasteiger partial charge in [0.25, 0.3) is 0 Å². The van der Waals surface area contributed by atoms with Gasteiger partial charge in [-0.3, -0.25) is 0 Å². The number of rotatable bonds is 4. The van der Waals surface area contributed by atoms with Crippen molar-refractivity contribution in [3.05, 3.63) is 206 Å². The third-order valence-corrected chi connectivity index (χ3v) is 13.2. The van der Waals surface area contributed by atoms with Crippen LogP contribution in [0.15, 0.2) is 206 Å². The fourth-order valence-electron chi connectivity index (χ4n) is 9.58. The summed E-state index contributed by atoms with van der Waals surface area (Å²) in [5.74, 6) is 0. The summed E-state index contributed by atoms with van der Waals surface area (Å²) in [6.07, 6.45) is 0. The number of hydrogen-bond acceptors (Lipinski definition) is 1. The van der Waals surface area contributed by atoms with E-state index in [2.05, 4.69) is 206 Å². The molecule has 0 aliphatic heterocycles. The minimum atomic E-state index is 1.24. The van der Waals surface area contributed by atoms with Crippen LogP contribution in [0.4, 0.5) is 0 Å². The molecule has 0 bridgehead atoms. The summed E-state index contributed by atoms with van der Waals surface area (Å²) in [5, 5.41) is 15.4. The molecule has 12 aromatic rings. The van der Waals surface area contributed by atoms with Crippen molar-refractivity contribution in [3.63, 3.8) is 0 Å². The molecular formula is C56H34S. The lowest BCUT2D eigenvalue weighted by Gasteiger charge is -2.18. The average Bonchev–Trinajstić information content (AvgIpc) is 3.66. The smallest absolute Gasteiger partial charge is 0.0434 e. The summed E-state index contributed by atoms with van der Waals surface area (Å²) in [5.41, 5.74) is 10.2. The molecule has 1 aromatic heterocycles. The van der Waals surface area contributed by atoms with Gasteiger partial charge in [0.2, 0.25) is 0 Å². The van der Waals surface area contributed by atoms with Crippen LogP contribution in [0, 0.1) is 0 Å². The highest BCUT2D eigenvalue weighted by molar-refractivity contribution is 7.26. The van der Waals surface area contributed by atoms with Crippen molar-refractivity contribution in [2.24, 2.45) is 0 Å². The van der Waals surface area contributed by atoms with Crippen molar-refractivity contribution in [1.82, 2.24) is 0 Å². The zero-order valence-electron chi connectivity index (χ0n) is 31.0. The molecule has 11 aromatic carbocycles. The lowest BCUT2D eigenvalue weighted by atomic mass is 9.85. The molecule has 1 heteroatoms. The molecule has 264 valence electrons. The molecule has 57 heavy (non-hydrogen) atoms. The first-order valence-corrected chi connectivity index (χ1v) is 20.5. The highest BCUT2D eigenvalue weighted by Crippen LogP contribution is 2.49. The van der Waals surface area contributed by atoms with Gasteiger partial charge in [-0.1, -0.05) is 194 Å². The molecule has 0 unspecified atom stereocenters. The maximum Gasteiger partial charge on any atom is 0.0434 e. The maximum atomic E-state index is 2.45. The van der Waals surface area contributed by atoms with Gasteiger partial charge < -0.3 is 0 Å². The van der Waals surface area contributed by atoms with Gasteiger partial charge >= 0.3 is 0 Å². The molecule has 0 nitrogen and oxygen atoms in total. The Balaban J connectivity index is 1.10. The molecule has 0 fully saturated rings. The van der Waals surface area contributed by atoms with Gasteiger partial charge in [-0.2, -0.15) is 0 Å². The topological polar surface area (TPSA) is 0 Å². The number of benzene rings is 11. The number of fused-ring (bicyclic) bond motifs is 8. The quantitative estimate of drug-likeness (QED) is 0.158. The van der Waals surface area contributed by atoms with Crippen molar-refractivity contribution < 1.29 is 0 Å². The summed E-state index contributed by atoms with van der Waals surface area (Å²) in [6.45, 7) is 0. The Kier molecular flexibility index (Phi) is 7.20. The van der Waals surface area contributed by atoms with Crippen LogP contribution in [-0.2, 0) is 0 Å². The van der Waals surface area contributed by atoms with Crippen LogP contribution in [0.1, 0.15) is 0 Å². The number of hydrogen-bond donors (Lipinski definition) is 0.